The summed E-state index contributed by atoms with van der Waals surface area (Å²) in [7, 11) is 0. The molecule has 0 aromatic heterocycles. The summed E-state index contributed by atoms with van der Waals surface area (Å²) in [6.07, 6.45) is 2.49. The number of ether oxygens (including phenoxy) is 2. The second-order valence-electron chi connectivity index (χ2n) is 6.35. The predicted octanol–water partition coefficient (Wildman–Crippen LogP) is 1.96. The summed E-state index contributed by atoms with van der Waals surface area (Å²) in [6, 6.07) is 0. The Bertz CT molecular complexity index is 244. The van der Waals surface area contributed by atoms with E-state index in [0.29, 0.717) is 5.92 Å². The maximum absolute atomic E-state index is 6.07. The first kappa shape index (κ1) is 12.3. The molecule has 94 valence electrons. The molecule has 2 atom stereocenters. The van der Waals surface area contributed by atoms with E-state index in [9.17, 15) is 0 Å². The Morgan fingerprint density at radius 2 is 2.06 bits per heavy atom. The fourth-order valence-corrected chi connectivity index (χ4v) is 2.88. The summed E-state index contributed by atoms with van der Waals surface area (Å²) in [6.45, 7) is 11.7. The highest BCUT2D eigenvalue weighted by atomic mass is 16.6. The third-order valence-corrected chi connectivity index (χ3v) is 3.69. The van der Waals surface area contributed by atoms with Gasteiger partial charge in [0.1, 0.15) is 0 Å². The Labute approximate surface area is 98.9 Å². The first-order valence-corrected chi connectivity index (χ1v) is 6.41. The van der Waals surface area contributed by atoms with Gasteiger partial charge in [-0.05, 0) is 46.6 Å². The lowest BCUT2D eigenvalue weighted by atomic mass is 9.97. The van der Waals surface area contributed by atoms with Crippen LogP contribution in [0.5, 0.6) is 0 Å². The highest BCUT2D eigenvalue weighted by Crippen LogP contribution is 2.39. The van der Waals surface area contributed by atoms with Crippen LogP contribution in [0.15, 0.2) is 0 Å². The van der Waals surface area contributed by atoms with E-state index in [1.165, 1.54) is 6.42 Å². The maximum Gasteiger partial charge on any atom is 0.0895 e. The van der Waals surface area contributed by atoms with Gasteiger partial charge in [0, 0.05) is 13.0 Å². The zero-order valence-electron chi connectivity index (χ0n) is 11.0. The van der Waals surface area contributed by atoms with E-state index < -0.39 is 0 Å². The minimum atomic E-state index is -0.143. The van der Waals surface area contributed by atoms with E-state index in [2.05, 4.69) is 33.0 Å². The smallest absolute Gasteiger partial charge is 0.0895 e. The van der Waals surface area contributed by atoms with Crippen molar-refractivity contribution in [2.24, 2.45) is 5.92 Å². The molecule has 3 heteroatoms. The number of hydrogen-bond acceptors (Lipinski definition) is 3. The van der Waals surface area contributed by atoms with Crippen LogP contribution >= 0.6 is 0 Å². The van der Waals surface area contributed by atoms with Gasteiger partial charge in [-0.1, -0.05) is 0 Å². The van der Waals surface area contributed by atoms with Gasteiger partial charge in [-0.2, -0.15) is 0 Å². The van der Waals surface area contributed by atoms with Crippen LogP contribution in [0.2, 0.25) is 0 Å². The molecule has 0 aromatic carbocycles. The Morgan fingerprint density at radius 1 is 1.31 bits per heavy atom. The molecule has 0 bridgehead atoms. The molecule has 2 fully saturated rings. The fourth-order valence-electron chi connectivity index (χ4n) is 2.88. The van der Waals surface area contributed by atoms with Crippen molar-refractivity contribution in [2.45, 2.75) is 57.8 Å². The van der Waals surface area contributed by atoms with Gasteiger partial charge >= 0.3 is 0 Å². The van der Waals surface area contributed by atoms with Crippen molar-refractivity contribution in [3.05, 3.63) is 0 Å². The summed E-state index contributed by atoms with van der Waals surface area (Å²) < 4.78 is 12.1. The van der Waals surface area contributed by atoms with Crippen molar-refractivity contribution in [3.63, 3.8) is 0 Å². The summed E-state index contributed by atoms with van der Waals surface area (Å²) in [5, 5.41) is 3.37. The van der Waals surface area contributed by atoms with E-state index in [-0.39, 0.29) is 17.3 Å². The molecular weight excluding hydrogens is 202 g/mol. The summed E-state index contributed by atoms with van der Waals surface area (Å²) >= 11 is 0. The van der Waals surface area contributed by atoms with Crippen LogP contribution in [0.1, 0.15) is 40.5 Å². The van der Waals surface area contributed by atoms with Gasteiger partial charge in [-0.25, -0.2) is 0 Å². The molecule has 0 radical (unpaired) electrons. The molecule has 2 heterocycles. The standard InChI is InChI=1S/C13H25NO2/c1-12(2)7-11(13(3,4)16-12)15-9-10-5-6-14-8-10/h10-11,14H,5-9H2,1-4H3. The Balaban J connectivity index is 1.84. The molecule has 0 aromatic rings. The first-order valence-electron chi connectivity index (χ1n) is 6.41. The third kappa shape index (κ3) is 2.76. The normalized spacial score (nSPS) is 36.8. The van der Waals surface area contributed by atoms with Gasteiger partial charge < -0.3 is 14.8 Å². The fraction of sp³-hybridized carbons (Fsp3) is 1.00. The summed E-state index contributed by atoms with van der Waals surface area (Å²) in [5.41, 5.74) is -0.183. The molecule has 2 rings (SSSR count). The Kier molecular flexibility index (Phi) is 3.30. The molecule has 1 N–H and O–H groups in total. The Hall–Kier alpha value is -0.120. The summed E-state index contributed by atoms with van der Waals surface area (Å²) in [5.74, 6) is 0.694. The average Bonchev–Trinajstić information content (AvgIpc) is 2.67. The number of nitrogens with one attached hydrogen (secondary N) is 1. The van der Waals surface area contributed by atoms with Crippen LogP contribution in [0, 0.1) is 5.92 Å². The molecule has 16 heavy (non-hydrogen) atoms. The molecule has 0 amide bonds. The van der Waals surface area contributed by atoms with Crippen LogP contribution in [0.25, 0.3) is 0 Å². The van der Waals surface area contributed by atoms with Crippen LogP contribution in [-0.4, -0.2) is 37.0 Å². The SMILES string of the molecule is CC1(C)CC(OCC2CCNC2)C(C)(C)O1. The van der Waals surface area contributed by atoms with Crippen LogP contribution in [0.3, 0.4) is 0 Å². The minimum Gasteiger partial charge on any atom is -0.375 e. The van der Waals surface area contributed by atoms with Crippen LogP contribution in [0.4, 0.5) is 0 Å². The van der Waals surface area contributed by atoms with E-state index in [1.54, 1.807) is 0 Å². The second-order valence-corrected chi connectivity index (χ2v) is 6.35. The van der Waals surface area contributed by atoms with E-state index >= 15 is 0 Å². The Morgan fingerprint density at radius 3 is 2.56 bits per heavy atom. The predicted molar refractivity (Wildman–Crippen MR) is 64.6 cm³/mol. The topological polar surface area (TPSA) is 30.5 Å². The van der Waals surface area contributed by atoms with Crippen molar-refractivity contribution >= 4 is 0 Å². The average molecular weight is 227 g/mol. The molecule has 2 saturated heterocycles. The largest absolute Gasteiger partial charge is 0.375 e. The zero-order chi connectivity index (χ0) is 11.8. The van der Waals surface area contributed by atoms with Gasteiger partial charge in [-0.15, -0.1) is 0 Å². The lowest BCUT2D eigenvalue weighted by Gasteiger charge is -2.27. The van der Waals surface area contributed by atoms with Crippen molar-refractivity contribution in [3.8, 4) is 0 Å². The summed E-state index contributed by atoms with van der Waals surface area (Å²) in [4.78, 5) is 0. The molecule has 0 spiro atoms. The minimum absolute atomic E-state index is 0.0396. The second kappa shape index (κ2) is 4.28. The van der Waals surface area contributed by atoms with Crippen molar-refractivity contribution in [2.75, 3.05) is 19.7 Å². The van der Waals surface area contributed by atoms with Gasteiger partial charge in [-0.3, -0.25) is 0 Å². The highest BCUT2D eigenvalue weighted by molar-refractivity contribution is 4.95. The quantitative estimate of drug-likeness (QED) is 0.799. The zero-order valence-corrected chi connectivity index (χ0v) is 11.0. The monoisotopic (exact) mass is 227 g/mol. The first-order chi connectivity index (χ1) is 7.39. The number of rotatable bonds is 3. The van der Waals surface area contributed by atoms with Gasteiger partial charge in [0.2, 0.25) is 0 Å². The van der Waals surface area contributed by atoms with Gasteiger partial charge in [0.05, 0.1) is 23.9 Å². The highest BCUT2D eigenvalue weighted by Gasteiger charge is 2.46. The van der Waals surface area contributed by atoms with E-state index in [0.717, 1.165) is 26.1 Å². The van der Waals surface area contributed by atoms with Gasteiger partial charge in [0.25, 0.3) is 0 Å². The van der Waals surface area contributed by atoms with E-state index in [1.807, 2.05) is 0 Å². The molecule has 2 aliphatic heterocycles. The van der Waals surface area contributed by atoms with Crippen molar-refractivity contribution < 1.29 is 9.47 Å². The number of hydrogen-bond donors (Lipinski definition) is 1. The van der Waals surface area contributed by atoms with Crippen LogP contribution < -0.4 is 5.32 Å². The molecule has 2 unspecified atom stereocenters. The molecule has 2 aliphatic rings. The lowest BCUT2D eigenvalue weighted by Crippen LogP contribution is -2.36. The molecular formula is C13H25NO2. The van der Waals surface area contributed by atoms with Crippen molar-refractivity contribution in [1.82, 2.24) is 5.32 Å². The van der Waals surface area contributed by atoms with Crippen molar-refractivity contribution in [1.29, 1.82) is 0 Å². The maximum atomic E-state index is 6.07. The molecule has 0 aliphatic carbocycles. The third-order valence-electron chi connectivity index (χ3n) is 3.69. The van der Waals surface area contributed by atoms with Gasteiger partial charge in [0.15, 0.2) is 0 Å². The molecule has 0 saturated carbocycles. The lowest BCUT2D eigenvalue weighted by molar-refractivity contribution is -0.106. The molecule has 3 nitrogen and oxygen atoms in total. The van der Waals surface area contributed by atoms with Crippen LogP contribution in [-0.2, 0) is 9.47 Å². The van der Waals surface area contributed by atoms with E-state index in [4.69, 9.17) is 9.47 Å².